The summed E-state index contributed by atoms with van der Waals surface area (Å²) >= 11 is 1.39. The summed E-state index contributed by atoms with van der Waals surface area (Å²) in [5.74, 6) is 1.01. The maximum atomic E-state index is 2.42. The molecular formula is C16H33Na. The third kappa shape index (κ3) is 14.9. The van der Waals surface area contributed by atoms with Crippen molar-refractivity contribution in [2.45, 2.75) is 94.6 Å². The van der Waals surface area contributed by atoms with Gasteiger partial charge in [-0.1, -0.05) is 19.8 Å². The number of rotatable bonds is 13. The monoisotopic (exact) mass is 248 g/mol. The van der Waals surface area contributed by atoms with Crippen LogP contribution in [0, 0.1) is 5.92 Å². The van der Waals surface area contributed by atoms with E-state index in [0.717, 1.165) is 5.92 Å². The Hall–Kier alpha value is 1.00. The molecule has 0 radical (unpaired) electrons. The Morgan fingerprint density at radius 2 is 1.12 bits per heavy atom. The fourth-order valence-electron chi connectivity index (χ4n) is 2.36. The summed E-state index contributed by atoms with van der Waals surface area (Å²) in [5.41, 5.74) is 0. The quantitative estimate of drug-likeness (QED) is 0.281. The molecule has 0 aliphatic heterocycles. The first-order valence-electron chi connectivity index (χ1n) is 8.31. The molecule has 0 nitrogen and oxygen atoms in total. The van der Waals surface area contributed by atoms with Crippen molar-refractivity contribution in [3.8, 4) is 0 Å². The van der Waals surface area contributed by atoms with Crippen LogP contribution >= 0.6 is 0 Å². The summed E-state index contributed by atoms with van der Waals surface area (Å²) in [5, 5.41) is 0. The van der Waals surface area contributed by atoms with Gasteiger partial charge in [-0.25, -0.2) is 0 Å². The molecule has 1 atom stereocenters. The Morgan fingerprint density at radius 1 is 0.706 bits per heavy atom. The van der Waals surface area contributed by atoms with E-state index in [-0.39, 0.29) is 0 Å². The van der Waals surface area contributed by atoms with Crippen LogP contribution in [0.5, 0.6) is 0 Å². The van der Waals surface area contributed by atoms with Gasteiger partial charge in [-0.3, -0.25) is 0 Å². The van der Waals surface area contributed by atoms with Crippen LogP contribution < -0.4 is 0 Å². The second-order valence-corrected chi connectivity index (χ2v) is 6.65. The van der Waals surface area contributed by atoms with Crippen LogP contribution in [0.4, 0.5) is 0 Å². The van der Waals surface area contributed by atoms with E-state index >= 15 is 0 Å². The normalized spacial score (nSPS) is 12.9. The molecule has 0 aliphatic carbocycles. The minimum absolute atomic E-state index is 1.01. The Kier molecular flexibility index (Phi) is 15.9. The van der Waals surface area contributed by atoms with Gasteiger partial charge in [0.25, 0.3) is 0 Å². The third-order valence-electron chi connectivity index (χ3n) is 4.00. The van der Waals surface area contributed by atoms with Gasteiger partial charge in [0.1, 0.15) is 0 Å². The Balaban J connectivity index is 2.94. The second-order valence-electron chi connectivity index (χ2n) is 5.84. The molecule has 0 saturated heterocycles. The van der Waals surface area contributed by atoms with Crippen LogP contribution in [0.1, 0.15) is 90.9 Å². The SMILES string of the molecule is CCCCCCCCCCCCCC(C)[CH2][Na]. The third-order valence-corrected chi connectivity index (χ3v) is 5.39. The van der Waals surface area contributed by atoms with Crippen molar-refractivity contribution in [3.63, 3.8) is 0 Å². The molecule has 0 aromatic heterocycles. The van der Waals surface area contributed by atoms with Gasteiger partial charge in [-0.2, -0.15) is 0 Å². The number of hydrogen-bond acceptors (Lipinski definition) is 0. The summed E-state index contributed by atoms with van der Waals surface area (Å²) in [6.45, 7) is 4.71. The van der Waals surface area contributed by atoms with Gasteiger partial charge in [-0.15, -0.1) is 0 Å². The van der Waals surface area contributed by atoms with E-state index in [1.54, 1.807) is 0 Å². The van der Waals surface area contributed by atoms with Crippen molar-refractivity contribution in [2.24, 2.45) is 5.92 Å². The predicted molar refractivity (Wildman–Crippen MR) is 80.8 cm³/mol. The second kappa shape index (κ2) is 15.1. The molecule has 0 N–H and O–H groups in total. The van der Waals surface area contributed by atoms with Crippen molar-refractivity contribution >= 4 is 27.9 Å². The summed E-state index contributed by atoms with van der Waals surface area (Å²) < 4.78 is 1.50. The molecule has 0 aromatic rings. The zero-order valence-corrected chi connectivity index (χ0v) is 14.8. The van der Waals surface area contributed by atoms with Crippen LogP contribution in [0.2, 0.25) is 3.67 Å². The Bertz CT molecular complexity index is 133. The van der Waals surface area contributed by atoms with E-state index in [2.05, 4.69) is 13.8 Å². The summed E-state index contributed by atoms with van der Waals surface area (Å²) in [4.78, 5) is 0. The number of unbranched alkanes of at least 4 members (excludes halogenated alkanes) is 10. The number of hydrogen-bond donors (Lipinski definition) is 0. The van der Waals surface area contributed by atoms with E-state index in [9.17, 15) is 0 Å². The van der Waals surface area contributed by atoms with Gasteiger partial charge in [0.05, 0.1) is 0 Å². The molecule has 98 valence electrons. The summed E-state index contributed by atoms with van der Waals surface area (Å²) in [6, 6.07) is 0. The van der Waals surface area contributed by atoms with Crippen LogP contribution in [-0.4, -0.2) is 27.9 Å². The molecule has 0 spiro atoms. The van der Waals surface area contributed by atoms with E-state index in [1.807, 2.05) is 0 Å². The Morgan fingerprint density at radius 3 is 1.53 bits per heavy atom. The fourth-order valence-corrected chi connectivity index (χ4v) is 2.77. The van der Waals surface area contributed by atoms with Crippen molar-refractivity contribution in [2.75, 3.05) is 0 Å². The summed E-state index contributed by atoms with van der Waals surface area (Å²) in [6.07, 6.45) is 17.7. The molecule has 17 heavy (non-hydrogen) atoms. The van der Waals surface area contributed by atoms with E-state index in [0.29, 0.717) is 0 Å². The van der Waals surface area contributed by atoms with Crippen molar-refractivity contribution < 1.29 is 0 Å². The first kappa shape index (κ1) is 18.0. The zero-order chi connectivity index (χ0) is 12.8. The minimum atomic E-state index is 1.01. The van der Waals surface area contributed by atoms with Gasteiger partial charge in [-0.05, 0) is 0 Å². The molecule has 0 amide bonds. The van der Waals surface area contributed by atoms with Crippen LogP contribution in [-0.2, 0) is 0 Å². The first-order chi connectivity index (χ1) is 8.31. The molecule has 1 heteroatoms. The van der Waals surface area contributed by atoms with Gasteiger partial charge >= 0.3 is 109 Å². The van der Waals surface area contributed by atoms with E-state index in [4.69, 9.17) is 0 Å². The van der Waals surface area contributed by atoms with Crippen LogP contribution in [0.25, 0.3) is 0 Å². The van der Waals surface area contributed by atoms with Crippen molar-refractivity contribution in [1.82, 2.24) is 0 Å². The van der Waals surface area contributed by atoms with Gasteiger partial charge in [0, 0.05) is 0 Å². The van der Waals surface area contributed by atoms with Crippen LogP contribution in [0.15, 0.2) is 0 Å². The van der Waals surface area contributed by atoms with Gasteiger partial charge in [0.15, 0.2) is 0 Å². The average molecular weight is 248 g/mol. The zero-order valence-electron chi connectivity index (χ0n) is 12.8. The topological polar surface area (TPSA) is 0 Å². The average Bonchev–Trinajstić information content (AvgIpc) is 2.35. The molecule has 0 rings (SSSR count). The van der Waals surface area contributed by atoms with Crippen LogP contribution in [0.3, 0.4) is 0 Å². The standard InChI is InChI=1S/C16H33.Na/c1-4-5-6-7-8-9-10-11-12-13-14-15-16(2)3;/h16H,2,4-15H2,1,3H3;. The molecular weight excluding hydrogens is 215 g/mol. The molecule has 0 bridgehead atoms. The molecule has 0 saturated carbocycles. The Labute approximate surface area is 128 Å². The van der Waals surface area contributed by atoms with Crippen molar-refractivity contribution in [3.05, 3.63) is 0 Å². The fraction of sp³-hybridized carbons (Fsp3) is 1.00. The predicted octanol–water partition coefficient (Wildman–Crippen LogP) is 5.91. The molecule has 0 fully saturated rings. The molecule has 0 aromatic carbocycles. The van der Waals surface area contributed by atoms with Gasteiger partial charge < -0.3 is 0 Å². The molecule has 1 unspecified atom stereocenters. The summed E-state index contributed by atoms with van der Waals surface area (Å²) in [7, 11) is 0. The van der Waals surface area contributed by atoms with E-state index < -0.39 is 0 Å². The first-order valence-corrected chi connectivity index (χ1v) is 9.72. The van der Waals surface area contributed by atoms with Gasteiger partial charge in [0.2, 0.25) is 0 Å². The van der Waals surface area contributed by atoms with Crippen molar-refractivity contribution in [1.29, 1.82) is 0 Å². The molecule has 0 heterocycles. The van der Waals surface area contributed by atoms with E-state index in [1.165, 1.54) is 109 Å². The molecule has 0 aliphatic rings. The maximum absolute atomic E-state index is 2.42.